The Morgan fingerprint density at radius 2 is 1.26 bits per heavy atom. The third-order valence-electron chi connectivity index (χ3n) is 5.65. The van der Waals surface area contributed by atoms with Crippen LogP contribution in [0, 0.1) is 13.8 Å². The number of hydrogen-bond donors (Lipinski definition) is 4. The van der Waals surface area contributed by atoms with Gasteiger partial charge in [0.05, 0.1) is 0 Å². The van der Waals surface area contributed by atoms with Crippen molar-refractivity contribution >= 4 is 51.6 Å². The molecule has 0 aromatic heterocycles. The molecule has 4 rings (SSSR count). The first-order valence-corrected chi connectivity index (χ1v) is 11.0. The maximum absolute atomic E-state index is 13.0. The molecule has 1 heterocycles. The number of aryl methyl sites for hydroxylation is 2. The van der Waals surface area contributed by atoms with Gasteiger partial charge in [0.25, 0.3) is 10.1 Å². The predicted molar refractivity (Wildman–Crippen MR) is 120 cm³/mol. The number of carboxylic acid groups (broad SMARTS) is 2. The molecule has 171 valence electrons. The fraction of sp³-hybridized carbons (Fsp3) is 0.130. The van der Waals surface area contributed by atoms with E-state index in [9.17, 15) is 38.4 Å². The zero-order chi connectivity index (χ0) is 24.3. The molecular formula is C23H18NaO9S. The Hall–Kier alpha value is -2.89. The van der Waals surface area contributed by atoms with E-state index in [0.29, 0.717) is 0 Å². The molecule has 1 radical (unpaired) electrons. The van der Waals surface area contributed by atoms with E-state index in [0.717, 1.165) is 12.1 Å². The molecule has 0 saturated heterocycles. The van der Waals surface area contributed by atoms with Gasteiger partial charge in [0.1, 0.15) is 27.5 Å². The van der Waals surface area contributed by atoms with E-state index >= 15 is 0 Å². The minimum atomic E-state index is -4.34. The first-order chi connectivity index (χ1) is 15.4. The second-order valence-electron chi connectivity index (χ2n) is 7.70. The van der Waals surface area contributed by atoms with Crippen molar-refractivity contribution in [3.8, 4) is 11.5 Å². The van der Waals surface area contributed by atoms with Gasteiger partial charge in [-0.1, -0.05) is 18.2 Å². The second-order valence-corrected chi connectivity index (χ2v) is 9.22. The summed E-state index contributed by atoms with van der Waals surface area (Å²) in [5.74, 6) is -3.89. The molecule has 1 aliphatic heterocycles. The van der Waals surface area contributed by atoms with Gasteiger partial charge in [-0.05, 0) is 66.4 Å². The average molecular weight is 493 g/mol. The van der Waals surface area contributed by atoms with E-state index in [1.807, 2.05) is 0 Å². The van der Waals surface area contributed by atoms with Gasteiger partial charge in [-0.2, -0.15) is 8.42 Å². The maximum Gasteiger partial charge on any atom is 0.339 e. The van der Waals surface area contributed by atoms with Gasteiger partial charge >= 0.3 is 11.9 Å². The predicted octanol–water partition coefficient (Wildman–Crippen LogP) is 2.74. The van der Waals surface area contributed by atoms with Crippen LogP contribution >= 0.6 is 0 Å². The topological polar surface area (TPSA) is 158 Å². The molecule has 9 nitrogen and oxygen atoms in total. The van der Waals surface area contributed by atoms with Crippen molar-refractivity contribution in [3.63, 3.8) is 0 Å². The van der Waals surface area contributed by atoms with Crippen molar-refractivity contribution < 1.29 is 42.6 Å². The number of fused-ring (bicyclic) bond motifs is 1. The fourth-order valence-corrected chi connectivity index (χ4v) is 5.52. The number of rotatable bonds is 4. The van der Waals surface area contributed by atoms with Gasteiger partial charge in [-0.15, -0.1) is 0 Å². The summed E-state index contributed by atoms with van der Waals surface area (Å²) in [5.41, 5.74) is -2.43. The number of aromatic hydroxyl groups is 2. The molecule has 4 N–H and O–H groups in total. The molecule has 0 amide bonds. The Kier molecular flexibility index (Phi) is 6.59. The number of hydrogen-bond acceptors (Lipinski definition) is 7. The van der Waals surface area contributed by atoms with Gasteiger partial charge in [0.15, 0.2) is 5.60 Å². The summed E-state index contributed by atoms with van der Waals surface area (Å²) in [6, 6.07) is 10.8. The zero-order valence-corrected chi connectivity index (χ0v) is 21.2. The van der Waals surface area contributed by atoms with Gasteiger partial charge < -0.3 is 20.4 Å². The van der Waals surface area contributed by atoms with Crippen LogP contribution < -0.4 is 0 Å². The average Bonchev–Trinajstić information content (AvgIpc) is 3.00. The third kappa shape index (κ3) is 3.77. The van der Waals surface area contributed by atoms with Crippen LogP contribution in [0.2, 0.25) is 0 Å². The second kappa shape index (κ2) is 8.71. The number of aromatic carboxylic acids is 2. The van der Waals surface area contributed by atoms with Crippen LogP contribution in [0.1, 0.15) is 48.5 Å². The van der Waals surface area contributed by atoms with E-state index < -0.39 is 50.3 Å². The molecule has 0 saturated carbocycles. The molecule has 3 aromatic rings. The summed E-state index contributed by atoms with van der Waals surface area (Å²) < 4.78 is 31.7. The Labute approximate surface area is 216 Å². The molecule has 3 aromatic carbocycles. The molecule has 0 spiro atoms. The van der Waals surface area contributed by atoms with Crippen LogP contribution in [-0.4, -0.2) is 70.3 Å². The monoisotopic (exact) mass is 493 g/mol. The minimum Gasteiger partial charge on any atom is -0.507 e. The number of carboxylic acids is 2. The van der Waals surface area contributed by atoms with E-state index in [2.05, 4.69) is 0 Å². The van der Waals surface area contributed by atoms with Crippen molar-refractivity contribution in [2.75, 3.05) is 0 Å². The molecule has 0 bridgehead atoms. The first kappa shape index (κ1) is 25.7. The summed E-state index contributed by atoms with van der Waals surface area (Å²) in [7, 11) is -4.34. The van der Waals surface area contributed by atoms with Crippen molar-refractivity contribution in [1.29, 1.82) is 0 Å². The summed E-state index contributed by atoms with van der Waals surface area (Å²) >= 11 is 0. The smallest absolute Gasteiger partial charge is 0.339 e. The molecule has 1 aliphatic rings. The van der Waals surface area contributed by atoms with E-state index in [1.165, 1.54) is 44.2 Å². The van der Waals surface area contributed by atoms with Crippen LogP contribution in [0.4, 0.5) is 0 Å². The van der Waals surface area contributed by atoms with Gasteiger partial charge in [-0.25, -0.2) is 13.8 Å². The van der Waals surface area contributed by atoms with Crippen LogP contribution in [-0.2, 0) is 19.9 Å². The Bertz CT molecular complexity index is 1390. The Morgan fingerprint density at radius 3 is 1.71 bits per heavy atom. The van der Waals surface area contributed by atoms with Crippen molar-refractivity contribution in [2.24, 2.45) is 0 Å². The normalized spacial score (nSPS) is 15.2. The molecule has 0 atom stereocenters. The fourth-order valence-electron chi connectivity index (χ4n) is 4.10. The van der Waals surface area contributed by atoms with Gasteiger partial charge in [0, 0.05) is 35.1 Å². The molecule has 11 heteroatoms. The SMILES string of the molecule is Cc1cc(C2(c3cc(C)c(O)c(C(=O)O)c3)OS(=O)(=O)c3ccccc32)cc(C(=O)O)c1O.[Na]. The number of carbonyl (C=O) groups is 2. The van der Waals surface area contributed by atoms with E-state index in [-0.39, 0.29) is 62.3 Å². The van der Waals surface area contributed by atoms with Crippen LogP contribution in [0.25, 0.3) is 0 Å². The summed E-state index contributed by atoms with van der Waals surface area (Å²) in [6.07, 6.45) is 0. The standard InChI is InChI=1S/C23H18O9S.Na/c1-11-7-13(9-15(19(11)24)21(26)27)23(14-8-12(2)20(25)16(10-14)22(28)29)17-5-3-4-6-18(17)33(30,31)32-23;/h3-10,24-25H,1-2H3,(H,26,27)(H,28,29);. The molecule has 34 heavy (non-hydrogen) atoms. The molecule has 0 unspecified atom stereocenters. The molecule has 0 aliphatic carbocycles. The first-order valence-electron chi connectivity index (χ1n) is 9.60. The van der Waals surface area contributed by atoms with Crippen LogP contribution in [0.5, 0.6) is 11.5 Å². The maximum atomic E-state index is 13.0. The molecule has 0 fully saturated rings. The number of phenols is 2. The molecular weight excluding hydrogens is 475 g/mol. The Balaban J connectivity index is 0.00000324. The zero-order valence-electron chi connectivity index (χ0n) is 18.4. The third-order valence-corrected chi connectivity index (χ3v) is 7.01. The van der Waals surface area contributed by atoms with Crippen molar-refractivity contribution in [1.82, 2.24) is 0 Å². The summed E-state index contributed by atoms with van der Waals surface area (Å²) in [5, 5.41) is 39.6. The minimum absolute atomic E-state index is 0. The van der Waals surface area contributed by atoms with Crippen molar-refractivity contribution in [3.05, 3.63) is 87.5 Å². The van der Waals surface area contributed by atoms with E-state index in [1.54, 1.807) is 6.07 Å². The van der Waals surface area contributed by atoms with Crippen LogP contribution in [0.15, 0.2) is 53.4 Å². The van der Waals surface area contributed by atoms with Gasteiger partial charge in [0.2, 0.25) is 0 Å². The van der Waals surface area contributed by atoms with Crippen molar-refractivity contribution in [2.45, 2.75) is 24.3 Å². The largest absolute Gasteiger partial charge is 0.507 e. The van der Waals surface area contributed by atoms with Gasteiger partial charge in [-0.3, -0.25) is 0 Å². The van der Waals surface area contributed by atoms with Crippen LogP contribution in [0.3, 0.4) is 0 Å². The summed E-state index contributed by atoms with van der Waals surface area (Å²) in [4.78, 5) is 23.4. The quantitative estimate of drug-likeness (QED) is 0.317. The number of benzene rings is 3. The van der Waals surface area contributed by atoms with E-state index in [4.69, 9.17) is 4.18 Å². The Morgan fingerprint density at radius 1 is 0.824 bits per heavy atom. The summed E-state index contributed by atoms with van der Waals surface area (Å²) in [6.45, 7) is 2.89.